The Morgan fingerprint density at radius 1 is 1.12 bits per heavy atom. The van der Waals surface area contributed by atoms with Crippen molar-refractivity contribution in [2.45, 2.75) is 31.3 Å². The summed E-state index contributed by atoms with van der Waals surface area (Å²) in [5.74, 6) is -0.381. The summed E-state index contributed by atoms with van der Waals surface area (Å²) in [6.07, 6.45) is 2.46. The van der Waals surface area contributed by atoms with Crippen molar-refractivity contribution in [1.82, 2.24) is 14.6 Å². The number of alkyl halides is 3. The molecule has 1 aliphatic heterocycles. The van der Waals surface area contributed by atoms with Crippen molar-refractivity contribution in [2.24, 2.45) is 0 Å². The van der Waals surface area contributed by atoms with E-state index in [0.717, 1.165) is 16.9 Å². The van der Waals surface area contributed by atoms with Crippen LogP contribution in [0.1, 0.15) is 28.8 Å². The number of fused-ring (bicyclic) bond motifs is 1. The molecule has 4 rings (SSSR count). The lowest BCUT2D eigenvalue weighted by atomic mass is 10.1. The van der Waals surface area contributed by atoms with Gasteiger partial charge in [-0.3, -0.25) is 9.78 Å². The van der Waals surface area contributed by atoms with Gasteiger partial charge in [0.1, 0.15) is 0 Å². The normalized spacial score (nSPS) is 16.7. The molecule has 1 aliphatic rings. The molecule has 0 aliphatic carbocycles. The minimum absolute atomic E-state index is 0.322. The van der Waals surface area contributed by atoms with Gasteiger partial charge in [0, 0.05) is 42.1 Å². The average molecular weight is 493 g/mol. The van der Waals surface area contributed by atoms with E-state index in [1.54, 1.807) is 22.9 Å². The molecule has 3 aromatic rings. The Morgan fingerprint density at radius 2 is 1.82 bits per heavy atom. The first kappa shape index (κ1) is 24.0. The zero-order valence-electron chi connectivity index (χ0n) is 18.3. The smallest absolute Gasteiger partial charge is 0.356 e. The molecule has 2 aromatic carbocycles. The number of rotatable bonds is 6. The second-order valence-corrected chi connectivity index (χ2v) is 9.93. The summed E-state index contributed by atoms with van der Waals surface area (Å²) < 4.78 is 62.4. The molecule has 0 bridgehead atoms. The zero-order valence-corrected chi connectivity index (χ0v) is 19.1. The number of anilines is 2. The Bertz CT molecular complexity index is 1310. The average Bonchev–Trinajstić information content (AvgIpc) is 3.26. The van der Waals surface area contributed by atoms with E-state index in [9.17, 15) is 26.4 Å². The summed E-state index contributed by atoms with van der Waals surface area (Å²) in [6, 6.07) is 14.1. The number of carbonyl (C=O) groups excluding carboxylic acids is 1. The molecule has 1 aromatic heterocycles. The highest BCUT2D eigenvalue weighted by molar-refractivity contribution is 7.90. The van der Waals surface area contributed by atoms with Crippen molar-refractivity contribution in [3.63, 3.8) is 0 Å². The molecule has 0 unspecified atom stereocenters. The second-order valence-electron chi connectivity index (χ2n) is 8.17. The highest BCUT2D eigenvalue weighted by Gasteiger charge is 2.46. The molecule has 7 nitrogen and oxygen atoms in total. The van der Waals surface area contributed by atoms with Gasteiger partial charge in [-0.05, 0) is 56.2 Å². The molecule has 0 saturated carbocycles. The Labute approximate surface area is 195 Å². The van der Waals surface area contributed by atoms with E-state index in [1.807, 2.05) is 37.3 Å². The van der Waals surface area contributed by atoms with E-state index in [1.165, 1.54) is 11.1 Å². The van der Waals surface area contributed by atoms with Gasteiger partial charge in [0.05, 0.1) is 11.1 Å². The van der Waals surface area contributed by atoms with Crippen LogP contribution in [-0.4, -0.2) is 48.8 Å². The number of carbonyl (C=O) groups is 1. The van der Waals surface area contributed by atoms with Crippen molar-refractivity contribution in [3.8, 4) is 0 Å². The van der Waals surface area contributed by atoms with Crippen molar-refractivity contribution >= 4 is 38.2 Å². The highest BCUT2D eigenvalue weighted by Crippen LogP contribution is 2.28. The van der Waals surface area contributed by atoms with Gasteiger partial charge in [0.2, 0.25) is 0 Å². The summed E-state index contributed by atoms with van der Waals surface area (Å²) in [7, 11) is -5.48. The van der Waals surface area contributed by atoms with Crippen LogP contribution in [0.2, 0.25) is 0 Å². The van der Waals surface area contributed by atoms with Crippen molar-refractivity contribution in [3.05, 3.63) is 65.9 Å². The van der Waals surface area contributed by atoms with Crippen LogP contribution in [0.25, 0.3) is 10.9 Å². The maximum Gasteiger partial charge on any atom is 0.511 e. The van der Waals surface area contributed by atoms with Gasteiger partial charge in [-0.2, -0.15) is 13.2 Å². The minimum Gasteiger partial charge on any atom is -0.356 e. The first-order valence-electron chi connectivity index (χ1n) is 10.6. The van der Waals surface area contributed by atoms with E-state index in [-0.39, 0.29) is 5.91 Å². The number of aryl methyl sites for hydroxylation is 1. The standard InChI is InChI=1S/C23H23F3N4O3S/c1-15-4-6-16(7-5-15)29-17-8-9-21-20(13-17)19(10-11-27-21)22(31)30-12-2-3-18(30)14-28-34(32,33)23(24,25)26/h4-11,13,18,28-29H,2-3,12,14H2,1H3/t18-/m0/s1. The molecule has 1 saturated heterocycles. The van der Waals surface area contributed by atoms with Gasteiger partial charge in [0.25, 0.3) is 5.91 Å². The van der Waals surface area contributed by atoms with E-state index in [2.05, 4.69) is 10.3 Å². The molecule has 11 heteroatoms. The van der Waals surface area contributed by atoms with E-state index < -0.39 is 28.1 Å². The van der Waals surface area contributed by atoms with Crippen LogP contribution in [0.15, 0.2) is 54.7 Å². The Balaban J connectivity index is 1.58. The van der Waals surface area contributed by atoms with Crippen molar-refractivity contribution < 1.29 is 26.4 Å². The molecule has 0 radical (unpaired) electrons. The maximum absolute atomic E-state index is 13.4. The summed E-state index contributed by atoms with van der Waals surface area (Å²) in [6.45, 7) is 1.81. The Morgan fingerprint density at radius 3 is 2.53 bits per heavy atom. The highest BCUT2D eigenvalue weighted by atomic mass is 32.2. The Hall–Kier alpha value is -3.18. The van der Waals surface area contributed by atoms with Crippen molar-refractivity contribution in [2.75, 3.05) is 18.4 Å². The fourth-order valence-electron chi connectivity index (χ4n) is 3.97. The van der Waals surface area contributed by atoms with Crippen LogP contribution in [0.4, 0.5) is 24.5 Å². The molecule has 2 N–H and O–H groups in total. The molecule has 0 spiro atoms. The van der Waals surface area contributed by atoms with Gasteiger partial charge in [-0.15, -0.1) is 0 Å². The van der Waals surface area contributed by atoms with Crippen LogP contribution in [0.5, 0.6) is 0 Å². The zero-order chi connectivity index (χ0) is 24.5. The van der Waals surface area contributed by atoms with Crippen LogP contribution in [-0.2, 0) is 10.0 Å². The predicted octanol–water partition coefficient (Wildman–Crippen LogP) is 4.33. The maximum atomic E-state index is 13.4. The van der Waals surface area contributed by atoms with Crippen LogP contribution in [0.3, 0.4) is 0 Å². The van der Waals surface area contributed by atoms with Gasteiger partial charge >= 0.3 is 15.5 Å². The number of pyridine rings is 1. The number of hydrogen-bond donors (Lipinski definition) is 2. The summed E-state index contributed by atoms with van der Waals surface area (Å²) in [5.41, 5.74) is -1.72. The second kappa shape index (κ2) is 9.22. The number of nitrogens with one attached hydrogen (secondary N) is 2. The predicted molar refractivity (Wildman–Crippen MR) is 123 cm³/mol. The van der Waals surface area contributed by atoms with Crippen LogP contribution in [0, 0.1) is 6.92 Å². The molecule has 2 heterocycles. The van der Waals surface area contributed by atoms with Crippen molar-refractivity contribution in [1.29, 1.82) is 0 Å². The third kappa shape index (κ3) is 5.00. The number of nitrogens with zero attached hydrogens (tertiary/aromatic N) is 2. The molecular formula is C23H23F3N4O3S. The van der Waals surface area contributed by atoms with Gasteiger partial charge in [0.15, 0.2) is 0 Å². The number of aromatic nitrogens is 1. The SMILES string of the molecule is Cc1ccc(Nc2ccc3nccc(C(=O)N4CCC[C@H]4CNS(=O)(=O)C(F)(F)F)c3c2)cc1. The third-order valence-electron chi connectivity index (χ3n) is 5.76. The molecule has 1 amide bonds. The monoisotopic (exact) mass is 492 g/mol. The number of hydrogen-bond acceptors (Lipinski definition) is 5. The summed E-state index contributed by atoms with van der Waals surface area (Å²) >= 11 is 0. The number of likely N-dealkylation sites (tertiary alicyclic amines) is 1. The van der Waals surface area contributed by atoms with Crippen LogP contribution >= 0.6 is 0 Å². The molecule has 180 valence electrons. The Kier molecular flexibility index (Phi) is 6.50. The largest absolute Gasteiger partial charge is 0.511 e. The van der Waals surface area contributed by atoms with Crippen LogP contribution < -0.4 is 10.0 Å². The lowest BCUT2D eigenvalue weighted by molar-refractivity contribution is -0.0448. The lowest BCUT2D eigenvalue weighted by Gasteiger charge is -2.25. The number of amides is 1. The topological polar surface area (TPSA) is 91.4 Å². The molecule has 1 atom stereocenters. The van der Waals surface area contributed by atoms with Gasteiger partial charge in [-0.1, -0.05) is 17.7 Å². The molecular weight excluding hydrogens is 469 g/mol. The van der Waals surface area contributed by atoms with Gasteiger partial charge < -0.3 is 10.2 Å². The summed E-state index contributed by atoms with van der Waals surface area (Å²) in [4.78, 5) is 19.1. The lowest BCUT2D eigenvalue weighted by Crippen LogP contribution is -2.46. The quantitative estimate of drug-likeness (QED) is 0.535. The third-order valence-corrected chi connectivity index (χ3v) is 6.92. The van der Waals surface area contributed by atoms with E-state index >= 15 is 0 Å². The number of benzene rings is 2. The summed E-state index contributed by atoms with van der Waals surface area (Å²) in [5, 5.41) is 3.87. The number of sulfonamides is 1. The molecule has 1 fully saturated rings. The fraction of sp³-hybridized carbons (Fsp3) is 0.304. The first-order valence-corrected chi connectivity index (χ1v) is 12.1. The number of halogens is 3. The van der Waals surface area contributed by atoms with E-state index in [0.29, 0.717) is 35.9 Å². The van der Waals surface area contributed by atoms with Gasteiger partial charge in [-0.25, -0.2) is 13.1 Å². The van der Waals surface area contributed by atoms with E-state index in [4.69, 9.17) is 0 Å². The first-order chi connectivity index (χ1) is 16.0. The minimum atomic E-state index is -5.48. The molecule has 34 heavy (non-hydrogen) atoms. The fourth-order valence-corrected chi connectivity index (χ4v) is 4.55.